The first-order valence-corrected chi connectivity index (χ1v) is 10.4. The van der Waals surface area contributed by atoms with Gasteiger partial charge in [-0.3, -0.25) is 0 Å². The summed E-state index contributed by atoms with van der Waals surface area (Å²) < 4.78 is 29.7. The number of alkyl halides is 1. The van der Waals surface area contributed by atoms with Crippen LogP contribution in [0.1, 0.15) is 11.1 Å². The SMILES string of the molecule is Cc1c(Br)cc(F)c(Br)c1Br.FCc1cc(Br)cc(Br)c1Br. The second kappa shape index (κ2) is 9.61. The van der Waals surface area contributed by atoms with Gasteiger partial charge < -0.3 is 0 Å². The average molecular weight is 694 g/mol. The van der Waals surface area contributed by atoms with Gasteiger partial charge in [0.15, 0.2) is 0 Å². The third-order valence-electron chi connectivity index (χ3n) is 2.56. The summed E-state index contributed by atoms with van der Waals surface area (Å²) in [5, 5.41) is 0. The maximum absolute atomic E-state index is 12.9. The quantitative estimate of drug-likeness (QED) is 0.207. The molecule has 0 radical (unpaired) electrons. The van der Waals surface area contributed by atoms with Crippen molar-refractivity contribution in [2.24, 2.45) is 0 Å². The van der Waals surface area contributed by atoms with E-state index in [0.29, 0.717) is 10.0 Å². The molecule has 0 heterocycles. The standard InChI is InChI=1S/2C7H4Br3F/c8-5-1-4(3-11)7(10)6(9)2-5;1-3-4(8)2-5(11)7(10)6(3)9/h1-2H,3H2;2H,1H3. The molecule has 22 heavy (non-hydrogen) atoms. The molecule has 0 fully saturated rings. The normalized spacial score (nSPS) is 10.2. The summed E-state index contributed by atoms with van der Waals surface area (Å²) in [5.74, 6) is -0.269. The summed E-state index contributed by atoms with van der Waals surface area (Å²) >= 11 is 19.5. The number of hydrogen-bond donors (Lipinski definition) is 0. The fraction of sp³-hybridized carbons (Fsp3) is 0.143. The first-order chi connectivity index (χ1) is 10.2. The maximum Gasteiger partial charge on any atom is 0.139 e. The average Bonchev–Trinajstić information content (AvgIpc) is 2.47. The first-order valence-electron chi connectivity index (χ1n) is 5.68. The molecular weight excluding hydrogens is 686 g/mol. The lowest BCUT2D eigenvalue weighted by Crippen LogP contribution is -1.85. The van der Waals surface area contributed by atoms with E-state index in [1.54, 1.807) is 6.07 Å². The molecule has 0 bridgehead atoms. The summed E-state index contributed by atoms with van der Waals surface area (Å²) in [6.07, 6.45) is 0. The second-order valence-corrected chi connectivity index (χ2v) is 9.09. The van der Waals surface area contributed by atoms with Crippen LogP contribution in [-0.4, -0.2) is 0 Å². The number of halogens is 8. The van der Waals surface area contributed by atoms with Gasteiger partial charge in [0.05, 0.1) is 4.47 Å². The third-order valence-corrected chi connectivity index (χ3v) is 8.23. The van der Waals surface area contributed by atoms with Crippen LogP contribution in [0.4, 0.5) is 8.78 Å². The largest absolute Gasteiger partial charge is 0.246 e. The van der Waals surface area contributed by atoms with Crippen molar-refractivity contribution in [1.29, 1.82) is 0 Å². The molecule has 0 spiro atoms. The van der Waals surface area contributed by atoms with E-state index in [1.807, 2.05) is 13.0 Å². The monoisotopic (exact) mass is 688 g/mol. The molecule has 0 aliphatic rings. The van der Waals surface area contributed by atoms with E-state index in [0.717, 1.165) is 27.9 Å². The molecule has 0 unspecified atom stereocenters. The molecule has 0 aliphatic carbocycles. The molecule has 0 saturated heterocycles. The van der Waals surface area contributed by atoms with Crippen LogP contribution in [0.25, 0.3) is 0 Å². The third kappa shape index (κ3) is 5.62. The van der Waals surface area contributed by atoms with Gasteiger partial charge >= 0.3 is 0 Å². The van der Waals surface area contributed by atoms with Gasteiger partial charge in [0.1, 0.15) is 12.5 Å². The van der Waals surface area contributed by atoms with Crippen molar-refractivity contribution in [3.63, 3.8) is 0 Å². The molecule has 8 heteroatoms. The van der Waals surface area contributed by atoms with Crippen molar-refractivity contribution in [3.05, 3.63) is 62.0 Å². The summed E-state index contributed by atoms with van der Waals surface area (Å²) in [4.78, 5) is 0. The Morgan fingerprint density at radius 1 is 0.818 bits per heavy atom. The van der Waals surface area contributed by atoms with Gasteiger partial charge in [-0.2, -0.15) is 0 Å². The Hall–Kier alpha value is 1.18. The van der Waals surface area contributed by atoms with Crippen LogP contribution >= 0.6 is 95.6 Å². The fourth-order valence-electron chi connectivity index (χ4n) is 1.36. The number of hydrogen-bond acceptors (Lipinski definition) is 0. The Kier molecular flexibility index (Phi) is 9.27. The highest BCUT2D eigenvalue weighted by molar-refractivity contribution is 9.13. The van der Waals surface area contributed by atoms with Crippen molar-refractivity contribution in [2.45, 2.75) is 13.6 Å². The summed E-state index contributed by atoms with van der Waals surface area (Å²) in [6.45, 7) is 1.44. The van der Waals surface area contributed by atoms with E-state index < -0.39 is 6.67 Å². The van der Waals surface area contributed by atoms with Crippen LogP contribution in [-0.2, 0) is 6.67 Å². The minimum Gasteiger partial charge on any atom is -0.246 e. The molecular formula is C14H8Br6F2. The molecule has 2 rings (SSSR count). The van der Waals surface area contributed by atoms with Crippen LogP contribution in [0.2, 0.25) is 0 Å². The van der Waals surface area contributed by atoms with E-state index in [1.165, 1.54) is 6.07 Å². The van der Waals surface area contributed by atoms with Crippen LogP contribution in [0.5, 0.6) is 0 Å². The lowest BCUT2D eigenvalue weighted by Gasteiger charge is -2.04. The fourth-order valence-corrected chi connectivity index (χ4v) is 4.49. The summed E-state index contributed by atoms with van der Waals surface area (Å²) in [7, 11) is 0. The lowest BCUT2D eigenvalue weighted by molar-refractivity contribution is 0.483. The van der Waals surface area contributed by atoms with Crippen molar-refractivity contribution in [3.8, 4) is 0 Å². The molecule has 0 nitrogen and oxygen atoms in total. The molecule has 0 atom stereocenters. The Bertz CT molecular complexity index is 662. The van der Waals surface area contributed by atoms with Crippen molar-refractivity contribution >= 4 is 95.6 Å². The van der Waals surface area contributed by atoms with E-state index in [-0.39, 0.29) is 5.82 Å². The smallest absolute Gasteiger partial charge is 0.139 e. The molecule has 0 amide bonds. The lowest BCUT2D eigenvalue weighted by atomic mass is 10.2. The van der Waals surface area contributed by atoms with Crippen molar-refractivity contribution in [1.82, 2.24) is 0 Å². The van der Waals surface area contributed by atoms with E-state index in [2.05, 4.69) is 95.6 Å². The van der Waals surface area contributed by atoms with Gasteiger partial charge in [-0.25, -0.2) is 8.78 Å². The number of rotatable bonds is 1. The summed E-state index contributed by atoms with van der Waals surface area (Å²) in [5.41, 5.74) is 1.63. The zero-order chi connectivity index (χ0) is 17.0. The molecule has 0 saturated carbocycles. The predicted octanol–water partition coefficient (Wildman–Crippen LogP) is 8.87. The van der Waals surface area contributed by atoms with Gasteiger partial charge in [0, 0.05) is 22.4 Å². The zero-order valence-corrected chi connectivity index (χ0v) is 20.5. The van der Waals surface area contributed by atoms with Gasteiger partial charge in [0.2, 0.25) is 0 Å². The Morgan fingerprint density at radius 2 is 1.41 bits per heavy atom. The van der Waals surface area contributed by atoms with Crippen molar-refractivity contribution in [2.75, 3.05) is 0 Å². The van der Waals surface area contributed by atoms with E-state index in [4.69, 9.17) is 0 Å². The first kappa shape index (κ1) is 21.2. The van der Waals surface area contributed by atoms with Crippen LogP contribution in [0.15, 0.2) is 45.0 Å². The Balaban J connectivity index is 0.000000220. The molecule has 2 aromatic rings. The van der Waals surface area contributed by atoms with Gasteiger partial charge in [-0.1, -0.05) is 31.9 Å². The molecule has 2 aromatic carbocycles. The van der Waals surface area contributed by atoms with Crippen LogP contribution in [0, 0.1) is 12.7 Å². The van der Waals surface area contributed by atoms with E-state index >= 15 is 0 Å². The van der Waals surface area contributed by atoms with Gasteiger partial charge in [-0.15, -0.1) is 0 Å². The highest BCUT2D eigenvalue weighted by Gasteiger charge is 2.09. The molecule has 0 aromatic heterocycles. The highest BCUT2D eigenvalue weighted by Crippen LogP contribution is 2.33. The second-order valence-electron chi connectivity index (χ2n) is 4.09. The molecule has 0 aliphatic heterocycles. The predicted molar refractivity (Wildman–Crippen MR) is 109 cm³/mol. The molecule has 0 N–H and O–H groups in total. The van der Waals surface area contributed by atoms with Gasteiger partial charge in [0.25, 0.3) is 0 Å². The van der Waals surface area contributed by atoms with Crippen LogP contribution < -0.4 is 0 Å². The van der Waals surface area contributed by atoms with E-state index in [9.17, 15) is 8.78 Å². The maximum atomic E-state index is 12.9. The Morgan fingerprint density at radius 3 is 1.95 bits per heavy atom. The minimum absolute atomic E-state index is 0.269. The van der Waals surface area contributed by atoms with Gasteiger partial charge in [-0.05, 0) is 100.0 Å². The number of benzene rings is 2. The topological polar surface area (TPSA) is 0 Å². The minimum atomic E-state index is -0.460. The molecule has 120 valence electrons. The van der Waals surface area contributed by atoms with Crippen molar-refractivity contribution < 1.29 is 8.78 Å². The Labute approximate surface area is 178 Å². The summed E-state index contributed by atoms with van der Waals surface area (Å²) in [6, 6.07) is 5.04. The van der Waals surface area contributed by atoms with Crippen LogP contribution in [0.3, 0.4) is 0 Å². The zero-order valence-electron chi connectivity index (χ0n) is 11.0. The highest BCUT2D eigenvalue weighted by atomic mass is 79.9.